The summed E-state index contributed by atoms with van der Waals surface area (Å²) >= 11 is 0. The van der Waals surface area contributed by atoms with Crippen molar-refractivity contribution in [3.8, 4) is 0 Å². The summed E-state index contributed by atoms with van der Waals surface area (Å²) in [6.07, 6.45) is 5.82. The number of halogens is 1. The minimum Gasteiger partial charge on any atom is -0.352 e. The average molecular weight is 252 g/mol. The Hall–Kier alpha value is -1.45. The maximum atomic E-state index is 12.9. The predicted octanol–water partition coefficient (Wildman–Crippen LogP) is 3.17. The molecule has 100 valence electrons. The first-order valence-corrected chi connectivity index (χ1v) is 6.57. The first kappa shape index (κ1) is 14.6. The molecule has 0 fully saturated rings. The fraction of sp³-hybridized carbons (Fsp3) is 0.571. The van der Waals surface area contributed by atoms with Crippen LogP contribution in [0, 0.1) is 11.9 Å². The number of hydrogen-bond donors (Lipinski definition) is 1. The van der Waals surface area contributed by atoms with Crippen LogP contribution in [0.4, 0.5) is 4.39 Å². The minimum atomic E-state index is -0.624. The molecule has 0 aliphatic carbocycles. The molecule has 0 spiro atoms. The van der Waals surface area contributed by atoms with Gasteiger partial charge < -0.3 is 5.32 Å². The van der Waals surface area contributed by atoms with Gasteiger partial charge in [-0.05, 0) is 18.4 Å². The molecule has 0 aliphatic rings. The van der Waals surface area contributed by atoms with Crippen molar-refractivity contribution in [2.24, 2.45) is 5.92 Å². The van der Waals surface area contributed by atoms with E-state index in [1.165, 1.54) is 25.1 Å². The van der Waals surface area contributed by atoms with Gasteiger partial charge in [0.25, 0.3) is 5.91 Å². The van der Waals surface area contributed by atoms with Gasteiger partial charge in [0.05, 0.1) is 0 Å². The van der Waals surface area contributed by atoms with Crippen LogP contribution in [0.2, 0.25) is 0 Å². The molecule has 1 amide bonds. The maximum Gasteiger partial charge on any atom is 0.251 e. The van der Waals surface area contributed by atoms with Crippen LogP contribution in [0.15, 0.2) is 18.3 Å². The van der Waals surface area contributed by atoms with E-state index in [2.05, 4.69) is 24.1 Å². The van der Waals surface area contributed by atoms with Crippen LogP contribution in [0.5, 0.6) is 0 Å². The van der Waals surface area contributed by atoms with Crippen molar-refractivity contribution in [2.75, 3.05) is 6.54 Å². The van der Waals surface area contributed by atoms with E-state index in [9.17, 15) is 9.18 Å². The number of carbonyl (C=O) groups is 1. The highest BCUT2D eigenvalue weighted by Gasteiger charge is 2.10. The molecule has 1 unspecified atom stereocenters. The third-order valence-electron chi connectivity index (χ3n) is 3.08. The lowest BCUT2D eigenvalue weighted by Gasteiger charge is -2.15. The monoisotopic (exact) mass is 252 g/mol. The highest BCUT2D eigenvalue weighted by atomic mass is 19.1. The summed E-state index contributed by atoms with van der Waals surface area (Å²) in [5.41, 5.74) is 0.327. The summed E-state index contributed by atoms with van der Waals surface area (Å²) in [6, 6.07) is 2.67. The molecule has 18 heavy (non-hydrogen) atoms. The number of rotatable bonds is 7. The van der Waals surface area contributed by atoms with E-state index in [-0.39, 0.29) is 5.91 Å². The number of nitrogens with one attached hydrogen (secondary N) is 1. The number of carbonyl (C=O) groups excluding carboxylic acids is 1. The number of unbranched alkanes of at least 4 members (excludes halogenated alkanes) is 1. The third-order valence-corrected chi connectivity index (χ3v) is 3.08. The Kier molecular flexibility index (Phi) is 6.33. The molecule has 1 N–H and O–H groups in total. The van der Waals surface area contributed by atoms with Gasteiger partial charge in [-0.15, -0.1) is 0 Å². The molecule has 0 aromatic carbocycles. The maximum absolute atomic E-state index is 12.9. The second kappa shape index (κ2) is 7.80. The van der Waals surface area contributed by atoms with Crippen molar-refractivity contribution in [2.45, 2.75) is 39.5 Å². The van der Waals surface area contributed by atoms with Gasteiger partial charge in [0.1, 0.15) is 0 Å². The molecule has 1 aromatic heterocycles. The SMILES string of the molecule is CCCCC(CC)CNC(=O)c1ccnc(F)c1. The summed E-state index contributed by atoms with van der Waals surface area (Å²) < 4.78 is 12.9. The van der Waals surface area contributed by atoms with Gasteiger partial charge in [-0.3, -0.25) is 4.79 Å². The number of aromatic nitrogens is 1. The number of hydrogen-bond acceptors (Lipinski definition) is 2. The molecule has 0 saturated heterocycles. The highest BCUT2D eigenvalue weighted by Crippen LogP contribution is 2.11. The molecule has 0 radical (unpaired) electrons. The smallest absolute Gasteiger partial charge is 0.251 e. The van der Waals surface area contributed by atoms with E-state index in [0.717, 1.165) is 18.9 Å². The summed E-state index contributed by atoms with van der Waals surface area (Å²) in [6.45, 7) is 4.93. The summed E-state index contributed by atoms with van der Waals surface area (Å²) in [5, 5.41) is 2.85. The van der Waals surface area contributed by atoms with E-state index in [1.54, 1.807) is 0 Å². The predicted molar refractivity (Wildman–Crippen MR) is 69.8 cm³/mol. The lowest BCUT2D eigenvalue weighted by molar-refractivity contribution is 0.0945. The van der Waals surface area contributed by atoms with Gasteiger partial charge in [-0.1, -0.05) is 33.1 Å². The van der Waals surface area contributed by atoms with Crippen molar-refractivity contribution < 1.29 is 9.18 Å². The number of nitrogens with zero attached hydrogens (tertiary/aromatic N) is 1. The van der Waals surface area contributed by atoms with E-state index < -0.39 is 5.95 Å². The molecule has 1 heterocycles. The normalized spacial score (nSPS) is 12.2. The van der Waals surface area contributed by atoms with Gasteiger partial charge in [0.15, 0.2) is 0 Å². The Balaban J connectivity index is 2.44. The zero-order chi connectivity index (χ0) is 13.4. The fourth-order valence-corrected chi connectivity index (χ4v) is 1.83. The Morgan fingerprint density at radius 1 is 1.50 bits per heavy atom. The van der Waals surface area contributed by atoms with Crippen LogP contribution in [0.1, 0.15) is 49.9 Å². The molecule has 0 saturated carbocycles. The largest absolute Gasteiger partial charge is 0.352 e. The van der Waals surface area contributed by atoms with E-state index in [0.29, 0.717) is 18.0 Å². The first-order valence-electron chi connectivity index (χ1n) is 6.57. The molecule has 1 aromatic rings. The molecule has 1 rings (SSSR count). The lowest BCUT2D eigenvalue weighted by atomic mass is 9.99. The van der Waals surface area contributed by atoms with Crippen LogP contribution >= 0.6 is 0 Å². The van der Waals surface area contributed by atoms with Crippen molar-refractivity contribution in [1.82, 2.24) is 10.3 Å². The van der Waals surface area contributed by atoms with Gasteiger partial charge in [0, 0.05) is 24.4 Å². The second-order valence-corrected chi connectivity index (χ2v) is 4.49. The fourth-order valence-electron chi connectivity index (χ4n) is 1.83. The Morgan fingerprint density at radius 3 is 2.89 bits per heavy atom. The summed E-state index contributed by atoms with van der Waals surface area (Å²) in [5.74, 6) is -0.354. The molecule has 4 heteroatoms. The van der Waals surface area contributed by atoms with Gasteiger partial charge in [-0.25, -0.2) is 4.98 Å². The minimum absolute atomic E-state index is 0.230. The molecule has 0 aliphatic heterocycles. The van der Waals surface area contributed by atoms with Crippen molar-refractivity contribution in [1.29, 1.82) is 0 Å². The van der Waals surface area contributed by atoms with E-state index >= 15 is 0 Å². The quantitative estimate of drug-likeness (QED) is 0.757. The molecular weight excluding hydrogens is 231 g/mol. The second-order valence-electron chi connectivity index (χ2n) is 4.49. The standard InChI is InChI=1S/C14H21FN2O/c1-3-5-6-11(4-2)10-17-14(18)12-7-8-16-13(15)9-12/h7-9,11H,3-6,10H2,1-2H3,(H,17,18). The molecule has 3 nitrogen and oxygen atoms in total. The van der Waals surface area contributed by atoms with Gasteiger partial charge in [0.2, 0.25) is 5.95 Å². The number of amides is 1. The lowest BCUT2D eigenvalue weighted by Crippen LogP contribution is -2.29. The zero-order valence-electron chi connectivity index (χ0n) is 11.1. The zero-order valence-corrected chi connectivity index (χ0v) is 11.1. The van der Waals surface area contributed by atoms with Crippen LogP contribution in [0.3, 0.4) is 0 Å². The van der Waals surface area contributed by atoms with Crippen molar-refractivity contribution in [3.63, 3.8) is 0 Å². The topological polar surface area (TPSA) is 42.0 Å². The summed E-state index contributed by atoms with van der Waals surface area (Å²) in [4.78, 5) is 15.2. The Morgan fingerprint density at radius 2 is 2.28 bits per heavy atom. The average Bonchev–Trinajstić information content (AvgIpc) is 2.38. The first-order chi connectivity index (χ1) is 8.67. The third kappa shape index (κ3) is 4.82. The van der Waals surface area contributed by atoms with Crippen LogP contribution in [-0.4, -0.2) is 17.4 Å². The van der Waals surface area contributed by atoms with Crippen LogP contribution in [-0.2, 0) is 0 Å². The van der Waals surface area contributed by atoms with Gasteiger partial charge >= 0.3 is 0 Å². The van der Waals surface area contributed by atoms with Crippen molar-refractivity contribution in [3.05, 3.63) is 29.8 Å². The molecule has 1 atom stereocenters. The van der Waals surface area contributed by atoms with Crippen LogP contribution in [0.25, 0.3) is 0 Å². The summed E-state index contributed by atoms with van der Waals surface area (Å²) in [7, 11) is 0. The van der Waals surface area contributed by atoms with Gasteiger partial charge in [-0.2, -0.15) is 4.39 Å². The molecule has 0 bridgehead atoms. The van der Waals surface area contributed by atoms with Crippen molar-refractivity contribution >= 4 is 5.91 Å². The van der Waals surface area contributed by atoms with E-state index in [1.807, 2.05) is 0 Å². The molecular formula is C14H21FN2O. The Bertz CT molecular complexity index is 382. The Labute approximate surface area is 108 Å². The van der Waals surface area contributed by atoms with E-state index in [4.69, 9.17) is 0 Å². The highest BCUT2D eigenvalue weighted by molar-refractivity contribution is 5.93. The number of pyridine rings is 1. The van der Waals surface area contributed by atoms with Crippen LogP contribution < -0.4 is 5.32 Å².